The maximum atomic E-state index is 11.6. The van der Waals surface area contributed by atoms with Crippen LogP contribution >= 0.6 is 0 Å². The predicted octanol–water partition coefficient (Wildman–Crippen LogP) is -8.75. The quantitative estimate of drug-likeness (QED) is 0.0697. The molecule has 0 aromatic carbocycles. The van der Waals surface area contributed by atoms with Crippen molar-refractivity contribution in [3.05, 3.63) is 0 Å². The molecule has 3 unspecified atom stereocenters. The Bertz CT molecular complexity index is 735. The second-order valence-electron chi connectivity index (χ2n) is 5.29. The number of hydrogen-bond acceptors (Lipinski definition) is 11. The van der Waals surface area contributed by atoms with E-state index in [9.17, 15) is 43.2 Å². The molecule has 0 heterocycles. The van der Waals surface area contributed by atoms with Gasteiger partial charge in [-0.1, -0.05) is 0 Å². The van der Waals surface area contributed by atoms with Crippen LogP contribution in [0.25, 0.3) is 0 Å². The number of carbonyl (C=O) groups is 6. The number of aliphatic carboxylic acids is 3. The molecule has 0 saturated heterocycles. The summed E-state index contributed by atoms with van der Waals surface area (Å²) in [6, 6.07) is 0. The van der Waals surface area contributed by atoms with E-state index in [1.54, 1.807) is 0 Å². The maximum absolute atomic E-state index is 11.6. The second-order valence-corrected chi connectivity index (χ2v) is 5.89. The molecule has 18 heteroatoms. The Morgan fingerprint density at radius 3 is 1.37 bits per heavy atom. The van der Waals surface area contributed by atoms with Crippen molar-refractivity contribution in [1.29, 1.82) is 0 Å². The van der Waals surface area contributed by atoms with Crippen LogP contribution in [0.4, 0.5) is 0 Å². The Labute approximate surface area is 216 Å². The van der Waals surface area contributed by atoms with Crippen molar-refractivity contribution in [2.45, 2.75) is 36.9 Å². The van der Waals surface area contributed by atoms with Crippen LogP contribution in [-0.4, -0.2) is 81.3 Å². The maximum Gasteiger partial charge on any atom is 1.00 e. The molecule has 3 atom stereocenters. The average molecular weight is 478 g/mol. The number of hydrogen-bond donors (Lipinski definition) is 6. The van der Waals surface area contributed by atoms with Gasteiger partial charge in [0.25, 0.3) is 0 Å². The average Bonchev–Trinajstić information content (AvgIpc) is 2.43. The van der Waals surface area contributed by atoms with E-state index < -0.39 is 84.1 Å². The molecule has 30 heavy (non-hydrogen) atoms. The first-order valence-electron chi connectivity index (χ1n) is 6.80. The van der Waals surface area contributed by atoms with Gasteiger partial charge in [-0.2, -0.15) is 4.21 Å². The van der Waals surface area contributed by atoms with Gasteiger partial charge < -0.3 is 37.3 Å². The van der Waals surface area contributed by atoms with Crippen molar-refractivity contribution < 1.29 is 134 Å². The van der Waals surface area contributed by atoms with Gasteiger partial charge in [0.05, 0.1) is 25.7 Å². The molecule has 0 rings (SSSR count). The van der Waals surface area contributed by atoms with Crippen molar-refractivity contribution in [3.63, 3.8) is 0 Å². The van der Waals surface area contributed by atoms with Gasteiger partial charge in [-0.25, -0.2) is 9.59 Å². The molecule has 0 fully saturated rings. The van der Waals surface area contributed by atoms with Gasteiger partial charge in [-0.15, -0.1) is 0 Å². The molecule has 0 aromatic heterocycles. The van der Waals surface area contributed by atoms with Gasteiger partial charge in [-0.3, -0.25) is 23.7 Å². The van der Waals surface area contributed by atoms with Gasteiger partial charge >= 0.3 is 106 Å². The van der Waals surface area contributed by atoms with Crippen LogP contribution in [0.15, 0.2) is 0 Å². The molecule has 0 aliphatic rings. The smallest absolute Gasteiger partial charge is 1.00 e. The minimum atomic E-state index is -3.22. The SMILES string of the molecule is O=C(O)CC(O)(CC(=O)OC(=O)CC(O)(CC(=O)OS(=O)O)C(=O)O)C(=O)O.[H-].[H-].[Na+].[Na+]. The Hall–Kier alpha value is -0.950. The first kappa shape index (κ1) is 33.7. The largest absolute Gasteiger partial charge is 1.00 e. The molecule has 15 nitrogen and oxygen atoms in total. The zero-order valence-electron chi connectivity index (χ0n) is 17.6. The summed E-state index contributed by atoms with van der Waals surface area (Å²) in [7, 11) is 0. The summed E-state index contributed by atoms with van der Waals surface area (Å²) in [6.45, 7) is 0. The number of carbonyl (C=O) groups excluding carboxylic acids is 3. The first-order valence-corrected chi connectivity index (χ1v) is 7.83. The number of esters is 2. The second kappa shape index (κ2) is 14.2. The summed E-state index contributed by atoms with van der Waals surface area (Å²) in [4.78, 5) is 66.7. The normalized spacial score (nSPS) is 14.9. The Kier molecular flexibility index (Phi) is 15.9. The molecule has 0 radical (unpaired) electrons. The van der Waals surface area contributed by atoms with E-state index in [-0.39, 0.29) is 62.0 Å². The van der Waals surface area contributed by atoms with E-state index in [0.29, 0.717) is 0 Å². The zero-order valence-corrected chi connectivity index (χ0v) is 20.4. The summed E-state index contributed by atoms with van der Waals surface area (Å²) in [5.41, 5.74) is -6.36. The molecule has 0 saturated carbocycles. The van der Waals surface area contributed by atoms with Crippen LogP contribution in [0.5, 0.6) is 0 Å². The number of rotatable bonds is 11. The molecule has 162 valence electrons. The minimum absolute atomic E-state index is 0. The molecule has 6 N–H and O–H groups in total. The van der Waals surface area contributed by atoms with Crippen molar-refractivity contribution in [3.8, 4) is 0 Å². The molecule has 0 bridgehead atoms. The first-order chi connectivity index (χ1) is 12.6. The van der Waals surface area contributed by atoms with Gasteiger partial charge in [0, 0.05) is 0 Å². The number of aliphatic hydroxyl groups is 2. The van der Waals surface area contributed by atoms with Crippen LogP contribution in [0.3, 0.4) is 0 Å². The summed E-state index contributed by atoms with van der Waals surface area (Å²) in [5.74, 6) is -11.4. The van der Waals surface area contributed by atoms with E-state index in [2.05, 4.69) is 8.92 Å². The van der Waals surface area contributed by atoms with E-state index in [1.165, 1.54) is 0 Å². The summed E-state index contributed by atoms with van der Waals surface area (Å²) in [6.07, 6.45) is -6.02. The van der Waals surface area contributed by atoms with Gasteiger partial charge in [0.15, 0.2) is 11.2 Å². The monoisotopic (exact) mass is 478 g/mol. The minimum Gasteiger partial charge on any atom is -1.00 e. The van der Waals surface area contributed by atoms with Gasteiger partial charge in [0.1, 0.15) is 0 Å². The number of ether oxygens (including phenoxy) is 1. The molecular weight excluding hydrogens is 462 g/mol. The summed E-state index contributed by atoms with van der Waals surface area (Å²) >= 11 is -3.14. The van der Waals surface area contributed by atoms with Crippen molar-refractivity contribution in [2.24, 2.45) is 0 Å². The third kappa shape index (κ3) is 12.0. The molecule has 0 amide bonds. The van der Waals surface area contributed by atoms with E-state index in [4.69, 9.17) is 19.9 Å². The van der Waals surface area contributed by atoms with E-state index >= 15 is 0 Å². The fraction of sp³-hybridized carbons (Fsp3) is 0.500. The number of carboxylic acids is 3. The summed E-state index contributed by atoms with van der Waals surface area (Å²) in [5, 5.41) is 45.6. The molecule has 0 aliphatic carbocycles. The standard InChI is InChI=1S/C12H14O15S.2Na.2H/c13-5(14)1-11(22,9(18)19)2-6(15)26-7(16)3-12(23,10(20)21)4-8(17)27-28(24)25;;;;/h22-23H,1-4H2,(H,13,14)(H,18,19)(H,20,21)(H,24,25);;;;/q;2*+1;2*-1. The third-order valence-corrected chi connectivity index (χ3v) is 3.27. The topological polar surface area (TPSA) is 259 Å². The fourth-order valence-corrected chi connectivity index (χ4v) is 1.92. The third-order valence-electron chi connectivity index (χ3n) is 2.94. The van der Waals surface area contributed by atoms with Gasteiger partial charge in [-0.05, 0) is 0 Å². The van der Waals surface area contributed by atoms with Crippen molar-refractivity contribution in [2.75, 3.05) is 0 Å². The van der Waals surface area contributed by atoms with Crippen molar-refractivity contribution >= 4 is 47.2 Å². The van der Waals surface area contributed by atoms with Crippen LogP contribution in [0.2, 0.25) is 0 Å². The van der Waals surface area contributed by atoms with Gasteiger partial charge in [0.2, 0.25) is 0 Å². The van der Waals surface area contributed by atoms with Crippen LogP contribution in [0.1, 0.15) is 28.5 Å². The van der Waals surface area contributed by atoms with Crippen LogP contribution < -0.4 is 59.1 Å². The van der Waals surface area contributed by atoms with E-state index in [0.717, 1.165) is 0 Å². The Morgan fingerprint density at radius 2 is 1.07 bits per heavy atom. The predicted molar refractivity (Wildman–Crippen MR) is 81.5 cm³/mol. The fourth-order valence-electron chi connectivity index (χ4n) is 1.70. The Morgan fingerprint density at radius 1 is 0.733 bits per heavy atom. The van der Waals surface area contributed by atoms with Crippen LogP contribution in [-0.2, 0) is 49.0 Å². The summed E-state index contributed by atoms with van der Waals surface area (Å²) < 4.78 is 26.3. The molecule has 0 spiro atoms. The molecule has 0 aliphatic heterocycles. The van der Waals surface area contributed by atoms with Crippen molar-refractivity contribution in [1.82, 2.24) is 0 Å². The molecule has 0 aromatic rings. The van der Waals surface area contributed by atoms with E-state index in [1.807, 2.05) is 0 Å². The van der Waals surface area contributed by atoms with Crippen LogP contribution in [0, 0.1) is 0 Å². The Balaban J connectivity index is -0.000000607. The number of carboxylic acid groups (broad SMARTS) is 3. The molecular formula is C12H16Na2O15S. The zero-order chi connectivity index (χ0) is 22.3.